The van der Waals surface area contributed by atoms with Crippen molar-refractivity contribution in [3.63, 3.8) is 0 Å². The highest BCUT2D eigenvalue weighted by atomic mass is 32.2. The van der Waals surface area contributed by atoms with Crippen LogP contribution in [0.2, 0.25) is 0 Å². The number of fused-ring (bicyclic) bond motifs is 1. The number of anilines is 1. The fourth-order valence-corrected chi connectivity index (χ4v) is 6.94. The predicted octanol–water partition coefficient (Wildman–Crippen LogP) is 1.55. The Morgan fingerprint density at radius 3 is 2.75 bits per heavy atom. The largest absolute Gasteiger partial charge is 0.375 e. The molecule has 0 radical (unpaired) electrons. The summed E-state index contributed by atoms with van der Waals surface area (Å²) in [5, 5.41) is 0.468. The van der Waals surface area contributed by atoms with Gasteiger partial charge in [-0.05, 0) is 37.1 Å². The van der Waals surface area contributed by atoms with Crippen LogP contribution < -0.4 is 4.90 Å². The van der Waals surface area contributed by atoms with Crippen LogP contribution in [-0.2, 0) is 19.4 Å². The molecule has 2 saturated heterocycles. The normalized spacial score (nSPS) is 26.8. The van der Waals surface area contributed by atoms with E-state index in [2.05, 4.69) is 4.99 Å². The first kappa shape index (κ1) is 17.4. The van der Waals surface area contributed by atoms with Gasteiger partial charge in [-0.25, -0.2) is 8.42 Å². The van der Waals surface area contributed by atoms with Gasteiger partial charge in [0.05, 0.1) is 17.5 Å². The second-order valence-corrected chi connectivity index (χ2v) is 9.52. The summed E-state index contributed by atoms with van der Waals surface area (Å²) in [6.45, 7) is 3.95. The molecule has 6 nitrogen and oxygen atoms in total. The molecule has 0 aromatic heterocycles. The number of thioether (sulfide) groups is 1. The van der Waals surface area contributed by atoms with Gasteiger partial charge in [0, 0.05) is 18.0 Å². The summed E-state index contributed by atoms with van der Waals surface area (Å²) in [5.41, 5.74) is 3.15. The van der Waals surface area contributed by atoms with E-state index in [4.69, 9.17) is 4.74 Å². The van der Waals surface area contributed by atoms with Gasteiger partial charge >= 0.3 is 0 Å². The van der Waals surface area contributed by atoms with Crippen molar-refractivity contribution in [1.29, 1.82) is 0 Å². The minimum absolute atomic E-state index is 0.0849. The lowest BCUT2D eigenvalue weighted by molar-refractivity contribution is -0.121. The average Bonchev–Trinajstić information content (AvgIpc) is 2.93. The molecule has 1 amide bonds. The van der Waals surface area contributed by atoms with Crippen molar-refractivity contribution in [2.75, 3.05) is 30.1 Å². The van der Waals surface area contributed by atoms with Crippen molar-refractivity contribution in [3.05, 3.63) is 29.3 Å². The summed E-state index contributed by atoms with van der Waals surface area (Å²) in [7, 11) is -1.61. The molecule has 2 aliphatic heterocycles. The van der Waals surface area contributed by atoms with Crippen LogP contribution >= 0.6 is 11.8 Å². The molecule has 24 heavy (non-hydrogen) atoms. The standard InChI is InChI=1S/C16H20N2O4S2/c1-10-4-5-12(6-11(10)2)18-13-8-24(20,21)9-14(13)23-16(18)17-15(19)7-22-3/h4-6,13-14H,7-9H2,1-3H3/t13-,14-/m0/s1. The zero-order valence-corrected chi connectivity index (χ0v) is 15.5. The number of sulfone groups is 1. The molecule has 2 atom stereocenters. The zero-order chi connectivity index (χ0) is 17.5. The molecule has 8 heteroatoms. The molecule has 3 rings (SSSR count). The topological polar surface area (TPSA) is 76.0 Å². The Morgan fingerprint density at radius 1 is 1.33 bits per heavy atom. The van der Waals surface area contributed by atoms with Crippen LogP contribution in [0, 0.1) is 13.8 Å². The highest BCUT2D eigenvalue weighted by molar-refractivity contribution is 8.16. The number of hydrogen-bond donors (Lipinski definition) is 0. The molecule has 1 aromatic carbocycles. The minimum atomic E-state index is -3.05. The van der Waals surface area contributed by atoms with E-state index < -0.39 is 9.84 Å². The number of amides is 1. The summed E-state index contributed by atoms with van der Waals surface area (Å²) < 4.78 is 28.8. The van der Waals surface area contributed by atoms with E-state index in [0.717, 1.165) is 16.8 Å². The number of rotatable bonds is 3. The van der Waals surface area contributed by atoms with E-state index in [1.165, 1.54) is 18.9 Å². The second-order valence-electron chi connectivity index (χ2n) is 6.16. The summed E-state index contributed by atoms with van der Waals surface area (Å²) in [5.74, 6) is -0.146. The number of aliphatic imine (C=N–C) groups is 1. The maximum Gasteiger partial charge on any atom is 0.274 e. The van der Waals surface area contributed by atoms with Gasteiger partial charge in [0.1, 0.15) is 6.61 Å². The first-order valence-corrected chi connectivity index (χ1v) is 10.3. The second kappa shape index (κ2) is 6.50. The van der Waals surface area contributed by atoms with Gasteiger partial charge in [-0.15, -0.1) is 0 Å². The van der Waals surface area contributed by atoms with E-state index in [-0.39, 0.29) is 35.3 Å². The lowest BCUT2D eigenvalue weighted by Gasteiger charge is -2.25. The van der Waals surface area contributed by atoms with Crippen molar-refractivity contribution in [2.24, 2.45) is 4.99 Å². The fourth-order valence-electron chi connectivity index (χ4n) is 3.00. The van der Waals surface area contributed by atoms with Crippen LogP contribution in [0.25, 0.3) is 0 Å². The minimum Gasteiger partial charge on any atom is -0.375 e. The van der Waals surface area contributed by atoms with Crippen LogP contribution in [-0.4, -0.2) is 56.0 Å². The maximum atomic E-state index is 12.0. The first-order chi connectivity index (χ1) is 11.3. The van der Waals surface area contributed by atoms with Crippen molar-refractivity contribution in [2.45, 2.75) is 25.1 Å². The highest BCUT2D eigenvalue weighted by Crippen LogP contribution is 2.41. The molecule has 0 bridgehead atoms. The Kier molecular flexibility index (Phi) is 4.72. The Bertz CT molecular complexity index is 804. The molecule has 2 fully saturated rings. The van der Waals surface area contributed by atoms with Gasteiger partial charge in [0.25, 0.3) is 5.91 Å². The molecule has 0 saturated carbocycles. The Hall–Kier alpha value is -1.38. The highest BCUT2D eigenvalue weighted by Gasteiger charge is 2.49. The van der Waals surface area contributed by atoms with E-state index in [0.29, 0.717) is 5.17 Å². The van der Waals surface area contributed by atoms with Gasteiger partial charge < -0.3 is 9.64 Å². The number of benzene rings is 1. The van der Waals surface area contributed by atoms with Crippen molar-refractivity contribution in [1.82, 2.24) is 0 Å². The number of methoxy groups -OCH3 is 1. The van der Waals surface area contributed by atoms with E-state index >= 15 is 0 Å². The molecule has 0 aliphatic carbocycles. The zero-order valence-electron chi connectivity index (χ0n) is 13.9. The number of amidine groups is 1. The molecule has 130 valence electrons. The number of aryl methyl sites for hydroxylation is 2. The predicted molar refractivity (Wildman–Crippen MR) is 96.5 cm³/mol. The maximum absolute atomic E-state index is 12.0. The number of nitrogens with zero attached hydrogens (tertiary/aromatic N) is 2. The number of carbonyl (C=O) groups is 1. The van der Waals surface area contributed by atoms with E-state index in [1.54, 1.807) is 0 Å². The van der Waals surface area contributed by atoms with Crippen LogP contribution in [0.3, 0.4) is 0 Å². The van der Waals surface area contributed by atoms with Crippen molar-refractivity contribution in [3.8, 4) is 0 Å². The smallest absolute Gasteiger partial charge is 0.274 e. The third-order valence-electron chi connectivity index (χ3n) is 4.32. The number of ether oxygens (including phenoxy) is 1. The summed E-state index contributed by atoms with van der Waals surface area (Å²) in [6.07, 6.45) is 0. The molecular formula is C16H20N2O4S2. The van der Waals surface area contributed by atoms with Gasteiger partial charge in [-0.1, -0.05) is 17.8 Å². The molecule has 2 heterocycles. The molecule has 0 spiro atoms. The fraction of sp³-hybridized carbons (Fsp3) is 0.500. The van der Waals surface area contributed by atoms with Crippen LogP contribution in [0.4, 0.5) is 5.69 Å². The Morgan fingerprint density at radius 2 is 2.08 bits per heavy atom. The summed E-state index contributed by atoms with van der Waals surface area (Å²) in [6, 6.07) is 5.78. The molecular weight excluding hydrogens is 348 g/mol. The average molecular weight is 368 g/mol. The summed E-state index contributed by atoms with van der Waals surface area (Å²) >= 11 is 1.37. The van der Waals surface area contributed by atoms with Gasteiger partial charge in [0.15, 0.2) is 15.0 Å². The molecule has 2 aliphatic rings. The lowest BCUT2D eigenvalue weighted by Crippen LogP contribution is -2.37. The molecule has 0 unspecified atom stereocenters. The SMILES string of the molecule is COCC(=O)N=C1S[C@H]2CS(=O)(=O)C[C@@H]2N1c1ccc(C)c(C)c1. The van der Waals surface area contributed by atoms with Crippen molar-refractivity contribution < 1.29 is 17.9 Å². The van der Waals surface area contributed by atoms with Gasteiger partial charge in [0.2, 0.25) is 0 Å². The van der Waals surface area contributed by atoms with Crippen LogP contribution in [0.1, 0.15) is 11.1 Å². The first-order valence-electron chi connectivity index (χ1n) is 7.65. The van der Waals surface area contributed by atoms with E-state index in [1.807, 2.05) is 36.9 Å². The summed E-state index contributed by atoms with van der Waals surface area (Å²) in [4.78, 5) is 17.9. The van der Waals surface area contributed by atoms with Crippen LogP contribution in [0.15, 0.2) is 23.2 Å². The quantitative estimate of drug-likeness (QED) is 0.806. The van der Waals surface area contributed by atoms with Crippen LogP contribution in [0.5, 0.6) is 0 Å². The third kappa shape index (κ3) is 3.36. The monoisotopic (exact) mass is 368 g/mol. The Labute approximate surface area is 146 Å². The lowest BCUT2D eigenvalue weighted by atomic mass is 10.1. The molecule has 1 aromatic rings. The van der Waals surface area contributed by atoms with Crippen molar-refractivity contribution >= 4 is 38.4 Å². The number of carbonyl (C=O) groups excluding carboxylic acids is 1. The van der Waals surface area contributed by atoms with E-state index in [9.17, 15) is 13.2 Å². The Balaban J connectivity index is 2.01. The third-order valence-corrected chi connectivity index (χ3v) is 7.53. The van der Waals surface area contributed by atoms with Gasteiger partial charge in [-0.3, -0.25) is 4.79 Å². The van der Waals surface area contributed by atoms with Gasteiger partial charge in [-0.2, -0.15) is 4.99 Å². The molecule has 0 N–H and O–H groups in total. The number of hydrogen-bond acceptors (Lipinski definition) is 5.